The Hall–Kier alpha value is -0.680. The second-order valence-corrected chi connectivity index (χ2v) is 5.80. The van der Waals surface area contributed by atoms with E-state index in [1.165, 1.54) is 11.1 Å². The molecule has 1 aromatic rings. The molecule has 0 aliphatic carbocycles. The Labute approximate surface area is 81.0 Å². The van der Waals surface area contributed by atoms with E-state index in [4.69, 9.17) is 0 Å². The van der Waals surface area contributed by atoms with E-state index in [9.17, 15) is 4.57 Å². The molecule has 0 aromatic heterocycles. The molecule has 13 heavy (non-hydrogen) atoms. The van der Waals surface area contributed by atoms with Crippen molar-refractivity contribution in [1.29, 1.82) is 0 Å². The number of hydrogen-bond donors (Lipinski definition) is 0. The van der Waals surface area contributed by atoms with E-state index in [0.29, 0.717) is 0 Å². The lowest BCUT2D eigenvalue weighted by Gasteiger charge is -2.00. The minimum absolute atomic E-state index is 0.232. The number of hydrogen-bond acceptors (Lipinski definition) is 1. The van der Waals surface area contributed by atoms with Gasteiger partial charge in [0.05, 0.1) is 0 Å². The van der Waals surface area contributed by atoms with Crippen molar-refractivity contribution in [3.63, 3.8) is 0 Å². The first-order chi connectivity index (χ1) is 6.04. The van der Waals surface area contributed by atoms with Crippen molar-refractivity contribution in [2.45, 2.75) is 33.4 Å². The lowest BCUT2D eigenvalue weighted by atomic mass is 10.1. The number of rotatable bonds is 2. The molecule has 1 aromatic carbocycles. The lowest BCUT2D eigenvalue weighted by Crippen LogP contribution is -2.07. The Bertz CT molecular complexity index is 329. The minimum atomic E-state index is -1.22. The van der Waals surface area contributed by atoms with Crippen LogP contribution in [0.25, 0.3) is 0 Å². The summed E-state index contributed by atoms with van der Waals surface area (Å²) in [6, 6.07) is 6.01. The molecular weight excluding hydrogens is 179 g/mol. The standard InChI is InChI=1S/C11H16OP/c1-8(2)13(12)11-7-5-6-9(3)10(11)4/h5-8H,1-4H3/q+1. The van der Waals surface area contributed by atoms with Gasteiger partial charge in [-0.05, 0) is 39.3 Å². The maximum absolute atomic E-state index is 11.9. The SMILES string of the molecule is Cc1cccc([P+](=O)C(C)C)c1C. The molecule has 0 aliphatic heterocycles. The Kier molecular flexibility index (Phi) is 3.22. The van der Waals surface area contributed by atoms with Gasteiger partial charge >= 0.3 is 7.80 Å². The normalized spacial score (nSPS) is 11.9. The highest BCUT2D eigenvalue weighted by atomic mass is 31.1. The van der Waals surface area contributed by atoms with Gasteiger partial charge in [-0.25, -0.2) is 0 Å². The highest BCUT2D eigenvalue weighted by Crippen LogP contribution is 2.28. The van der Waals surface area contributed by atoms with Crippen molar-refractivity contribution in [3.05, 3.63) is 29.3 Å². The zero-order valence-corrected chi connectivity index (χ0v) is 9.56. The molecular formula is C11H16OP+. The molecule has 1 unspecified atom stereocenters. The molecule has 0 radical (unpaired) electrons. The Morgan fingerprint density at radius 3 is 2.38 bits per heavy atom. The fourth-order valence-electron chi connectivity index (χ4n) is 1.25. The maximum Gasteiger partial charge on any atom is 0.379 e. The van der Waals surface area contributed by atoms with E-state index in [0.717, 1.165) is 5.30 Å². The van der Waals surface area contributed by atoms with Crippen molar-refractivity contribution < 1.29 is 4.57 Å². The third-order valence-corrected chi connectivity index (χ3v) is 4.18. The van der Waals surface area contributed by atoms with E-state index in [2.05, 4.69) is 13.0 Å². The van der Waals surface area contributed by atoms with Gasteiger partial charge < -0.3 is 0 Å². The zero-order chi connectivity index (χ0) is 10.0. The molecule has 0 spiro atoms. The van der Waals surface area contributed by atoms with Crippen LogP contribution in [0, 0.1) is 13.8 Å². The fourth-order valence-corrected chi connectivity index (χ4v) is 2.55. The third kappa shape index (κ3) is 2.16. The van der Waals surface area contributed by atoms with Crippen LogP contribution in [-0.2, 0) is 4.57 Å². The smallest absolute Gasteiger partial charge is 0.0678 e. The topological polar surface area (TPSA) is 17.1 Å². The minimum Gasteiger partial charge on any atom is -0.0678 e. The Morgan fingerprint density at radius 2 is 1.85 bits per heavy atom. The van der Waals surface area contributed by atoms with Gasteiger partial charge in [-0.1, -0.05) is 16.7 Å². The first-order valence-electron chi connectivity index (χ1n) is 4.56. The monoisotopic (exact) mass is 195 g/mol. The molecule has 0 N–H and O–H groups in total. The van der Waals surface area contributed by atoms with Crippen molar-refractivity contribution in [2.24, 2.45) is 0 Å². The van der Waals surface area contributed by atoms with Crippen molar-refractivity contribution in [2.75, 3.05) is 0 Å². The lowest BCUT2D eigenvalue weighted by molar-refractivity contribution is 0.588. The summed E-state index contributed by atoms with van der Waals surface area (Å²) in [5.41, 5.74) is 2.63. The summed E-state index contributed by atoms with van der Waals surface area (Å²) in [7, 11) is -1.22. The average Bonchev–Trinajstić information content (AvgIpc) is 2.08. The highest BCUT2D eigenvalue weighted by molar-refractivity contribution is 7.54. The molecule has 0 amide bonds. The summed E-state index contributed by atoms with van der Waals surface area (Å²) < 4.78 is 11.9. The second kappa shape index (κ2) is 4.02. The molecule has 70 valence electrons. The van der Waals surface area contributed by atoms with Crippen LogP contribution in [0.5, 0.6) is 0 Å². The largest absolute Gasteiger partial charge is 0.379 e. The van der Waals surface area contributed by atoms with Crippen LogP contribution in [-0.4, -0.2) is 5.66 Å². The van der Waals surface area contributed by atoms with Crippen LogP contribution in [0.15, 0.2) is 18.2 Å². The molecule has 0 saturated heterocycles. The van der Waals surface area contributed by atoms with Gasteiger partial charge in [0, 0.05) is 5.56 Å². The molecule has 1 atom stereocenters. The van der Waals surface area contributed by atoms with Crippen molar-refractivity contribution in [1.82, 2.24) is 0 Å². The molecule has 0 fully saturated rings. The molecule has 1 nitrogen and oxygen atoms in total. The van der Waals surface area contributed by atoms with E-state index in [1.807, 2.05) is 32.9 Å². The van der Waals surface area contributed by atoms with Gasteiger partial charge in [-0.3, -0.25) is 0 Å². The first kappa shape index (κ1) is 10.4. The Morgan fingerprint density at radius 1 is 1.23 bits per heavy atom. The van der Waals surface area contributed by atoms with Gasteiger partial charge in [0.2, 0.25) is 0 Å². The zero-order valence-electron chi connectivity index (χ0n) is 8.66. The van der Waals surface area contributed by atoms with Crippen LogP contribution in [0.3, 0.4) is 0 Å². The summed E-state index contributed by atoms with van der Waals surface area (Å²) in [6.07, 6.45) is 0. The second-order valence-electron chi connectivity index (χ2n) is 3.64. The molecule has 2 heteroatoms. The molecule has 0 bridgehead atoms. The molecule has 0 heterocycles. The van der Waals surface area contributed by atoms with Crippen LogP contribution in [0.1, 0.15) is 25.0 Å². The summed E-state index contributed by atoms with van der Waals surface area (Å²) in [5.74, 6) is 0. The summed E-state index contributed by atoms with van der Waals surface area (Å²) >= 11 is 0. The average molecular weight is 195 g/mol. The van der Waals surface area contributed by atoms with Crippen LogP contribution in [0.4, 0.5) is 0 Å². The van der Waals surface area contributed by atoms with E-state index >= 15 is 0 Å². The van der Waals surface area contributed by atoms with Gasteiger partial charge in [-0.15, -0.1) is 0 Å². The summed E-state index contributed by atoms with van der Waals surface area (Å²) in [6.45, 7) is 8.10. The van der Waals surface area contributed by atoms with Crippen molar-refractivity contribution >= 4 is 13.1 Å². The third-order valence-electron chi connectivity index (χ3n) is 2.28. The predicted octanol–water partition coefficient (Wildman–Crippen LogP) is 3.16. The predicted molar refractivity (Wildman–Crippen MR) is 58.3 cm³/mol. The number of aryl methyl sites for hydroxylation is 1. The van der Waals surface area contributed by atoms with Crippen LogP contribution in [0.2, 0.25) is 0 Å². The van der Waals surface area contributed by atoms with Gasteiger partial charge in [0.1, 0.15) is 0 Å². The maximum atomic E-state index is 11.9. The molecule has 0 aliphatic rings. The summed E-state index contributed by atoms with van der Waals surface area (Å²) in [5, 5.41) is 1.02. The highest BCUT2D eigenvalue weighted by Gasteiger charge is 2.26. The van der Waals surface area contributed by atoms with E-state index in [-0.39, 0.29) is 5.66 Å². The fraction of sp³-hybridized carbons (Fsp3) is 0.455. The molecule has 1 rings (SSSR count). The van der Waals surface area contributed by atoms with Gasteiger partial charge in [0.15, 0.2) is 11.0 Å². The Balaban J connectivity index is 3.15. The van der Waals surface area contributed by atoms with Crippen molar-refractivity contribution in [3.8, 4) is 0 Å². The first-order valence-corrected chi connectivity index (χ1v) is 5.89. The van der Waals surface area contributed by atoms with Crippen LogP contribution >= 0.6 is 7.80 Å². The number of benzene rings is 1. The van der Waals surface area contributed by atoms with E-state index in [1.54, 1.807) is 0 Å². The van der Waals surface area contributed by atoms with Crippen LogP contribution < -0.4 is 5.30 Å². The van der Waals surface area contributed by atoms with Gasteiger partial charge in [0.25, 0.3) is 0 Å². The summed E-state index contributed by atoms with van der Waals surface area (Å²) in [4.78, 5) is 0. The van der Waals surface area contributed by atoms with E-state index < -0.39 is 7.80 Å². The quantitative estimate of drug-likeness (QED) is 0.662. The molecule has 0 saturated carbocycles. The van der Waals surface area contributed by atoms with Gasteiger partial charge in [-0.2, -0.15) is 0 Å².